The fraction of sp³-hybridized carbons (Fsp3) is 1.00. The third-order valence-corrected chi connectivity index (χ3v) is 2.05. The van der Waals surface area contributed by atoms with Crippen molar-refractivity contribution in [1.82, 2.24) is 0 Å². The van der Waals surface area contributed by atoms with Crippen molar-refractivity contribution in [3.63, 3.8) is 0 Å². The summed E-state index contributed by atoms with van der Waals surface area (Å²) >= 11 is 4.30. The predicted octanol–water partition coefficient (Wildman–Crippen LogP) is -3.68. The molecule has 0 aliphatic carbocycles. The molecule has 0 bridgehead atoms. The summed E-state index contributed by atoms with van der Waals surface area (Å²) in [6.07, 6.45) is 1.40. The molecule has 9 heavy (non-hydrogen) atoms. The summed E-state index contributed by atoms with van der Waals surface area (Å²) < 4.78 is 5.28. The minimum atomic E-state index is 0. The number of halogens is 1. The van der Waals surface area contributed by atoms with Gasteiger partial charge in [0, 0.05) is 11.9 Å². The van der Waals surface area contributed by atoms with Gasteiger partial charge < -0.3 is 22.9 Å². The van der Waals surface area contributed by atoms with Gasteiger partial charge in [-0.3, -0.25) is 0 Å². The van der Waals surface area contributed by atoms with Gasteiger partial charge in [0.05, 0.1) is 0 Å². The van der Waals surface area contributed by atoms with E-state index >= 15 is 0 Å². The van der Waals surface area contributed by atoms with Crippen molar-refractivity contribution >= 4 is 12.6 Å². The maximum Gasteiger partial charge on any atom is 0.118 e. The Morgan fingerprint density at radius 2 is 2.33 bits per heavy atom. The van der Waals surface area contributed by atoms with Gasteiger partial charge in [0.2, 0.25) is 0 Å². The number of ether oxygens (including phenoxy) is 1. The average Bonchev–Trinajstić information content (AvgIpc) is 2.14. The van der Waals surface area contributed by atoms with Crippen LogP contribution in [0.2, 0.25) is 0 Å². The molecule has 4 heteroatoms. The zero-order chi connectivity index (χ0) is 5.98. The quantitative estimate of drug-likeness (QED) is 0.390. The average molecular weight is 170 g/mol. The second kappa shape index (κ2) is 4.39. The summed E-state index contributed by atoms with van der Waals surface area (Å²) in [7, 11) is 0. The van der Waals surface area contributed by atoms with Gasteiger partial charge in [-0.2, -0.15) is 12.6 Å². The smallest absolute Gasteiger partial charge is 0.118 e. The van der Waals surface area contributed by atoms with Crippen LogP contribution in [0.25, 0.3) is 0 Å². The lowest BCUT2D eigenvalue weighted by Crippen LogP contribution is -3.00. The molecular weight excluding hydrogens is 158 g/mol. The Morgan fingerprint density at radius 3 is 2.56 bits per heavy atom. The van der Waals surface area contributed by atoms with E-state index in [1.54, 1.807) is 0 Å². The van der Waals surface area contributed by atoms with Crippen LogP contribution in [0.1, 0.15) is 6.42 Å². The molecule has 2 atom stereocenters. The maximum absolute atomic E-state index is 5.28. The SMILES string of the molecule is [Cl-].[NH3+]C[C@H]1OCC[C@H]1S. The first-order valence-electron chi connectivity index (χ1n) is 2.93. The van der Waals surface area contributed by atoms with Crippen LogP contribution in [0.3, 0.4) is 0 Å². The van der Waals surface area contributed by atoms with Crippen molar-refractivity contribution in [2.45, 2.75) is 17.8 Å². The minimum Gasteiger partial charge on any atom is -1.00 e. The van der Waals surface area contributed by atoms with E-state index in [9.17, 15) is 0 Å². The van der Waals surface area contributed by atoms with Crippen LogP contribution in [0.15, 0.2) is 0 Å². The summed E-state index contributed by atoms with van der Waals surface area (Å²) in [4.78, 5) is 0. The molecular formula is C5H12ClNOS. The van der Waals surface area contributed by atoms with E-state index < -0.39 is 0 Å². The van der Waals surface area contributed by atoms with Crippen molar-refractivity contribution in [3.8, 4) is 0 Å². The van der Waals surface area contributed by atoms with E-state index in [1.807, 2.05) is 0 Å². The summed E-state index contributed by atoms with van der Waals surface area (Å²) in [6.45, 7) is 1.72. The van der Waals surface area contributed by atoms with Crippen LogP contribution in [0.5, 0.6) is 0 Å². The zero-order valence-corrected chi connectivity index (χ0v) is 6.87. The van der Waals surface area contributed by atoms with E-state index in [-0.39, 0.29) is 12.4 Å². The Hall–Kier alpha value is 0.560. The Labute approximate surface area is 67.0 Å². The summed E-state index contributed by atoms with van der Waals surface area (Å²) in [5.74, 6) is 0. The third-order valence-electron chi connectivity index (χ3n) is 1.46. The van der Waals surface area contributed by atoms with Gasteiger partial charge in [-0.25, -0.2) is 0 Å². The van der Waals surface area contributed by atoms with Gasteiger partial charge in [-0.15, -0.1) is 0 Å². The van der Waals surface area contributed by atoms with Gasteiger partial charge >= 0.3 is 0 Å². The number of thiol groups is 1. The van der Waals surface area contributed by atoms with E-state index in [0.717, 1.165) is 19.6 Å². The normalized spacial score (nSPS) is 34.0. The zero-order valence-electron chi connectivity index (χ0n) is 5.22. The van der Waals surface area contributed by atoms with E-state index in [4.69, 9.17) is 4.74 Å². The van der Waals surface area contributed by atoms with E-state index in [2.05, 4.69) is 18.4 Å². The largest absolute Gasteiger partial charge is 1.00 e. The molecule has 3 N–H and O–H groups in total. The Morgan fingerprint density at radius 1 is 1.67 bits per heavy atom. The van der Waals surface area contributed by atoms with E-state index in [1.165, 1.54) is 0 Å². The van der Waals surface area contributed by atoms with Gasteiger partial charge in [0.1, 0.15) is 12.6 Å². The Balaban J connectivity index is 0.000000640. The lowest BCUT2D eigenvalue weighted by molar-refractivity contribution is -0.383. The molecule has 0 saturated carbocycles. The number of hydrogen-bond donors (Lipinski definition) is 2. The monoisotopic (exact) mass is 169 g/mol. The Kier molecular flexibility index (Phi) is 4.66. The molecule has 1 heterocycles. The summed E-state index contributed by atoms with van der Waals surface area (Å²) in [5.41, 5.74) is 3.74. The molecule has 0 radical (unpaired) electrons. The first-order valence-corrected chi connectivity index (χ1v) is 3.45. The first kappa shape index (κ1) is 9.56. The van der Waals surface area contributed by atoms with Crippen LogP contribution >= 0.6 is 12.6 Å². The lowest BCUT2D eigenvalue weighted by atomic mass is 10.2. The molecule has 0 amide bonds. The molecule has 1 saturated heterocycles. The molecule has 1 aliphatic rings. The molecule has 2 nitrogen and oxygen atoms in total. The highest BCUT2D eigenvalue weighted by atomic mass is 35.5. The highest BCUT2D eigenvalue weighted by Gasteiger charge is 2.24. The van der Waals surface area contributed by atoms with Crippen LogP contribution < -0.4 is 18.1 Å². The van der Waals surface area contributed by atoms with Gasteiger partial charge in [0.25, 0.3) is 0 Å². The van der Waals surface area contributed by atoms with Crippen LogP contribution in [0.4, 0.5) is 0 Å². The molecule has 0 aromatic carbocycles. The molecule has 0 aromatic heterocycles. The highest BCUT2D eigenvalue weighted by molar-refractivity contribution is 7.81. The van der Waals surface area contributed by atoms with Gasteiger partial charge in [0.15, 0.2) is 0 Å². The summed E-state index contributed by atoms with van der Waals surface area (Å²) in [5, 5.41) is 0.437. The second-order valence-corrected chi connectivity index (χ2v) is 2.72. The molecule has 0 unspecified atom stereocenters. The molecule has 1 fully saturated rings. The van der Waals surface area contributed by atoms with Gasteiger partial charge in [-0.05, 0) is 6.42 Å². The second-order valence-electron chi connectivity index (χ2n) is 2.05. The number of quaternary nitrogens is 1. The first-order chi connectivity index (χ1) is 3.84. The number of rotatable bonds is 1. The van der Waals surface area contributed by atoms with Crippen molar-refractivity contribution in [3.05, 3.63) is 0 Å². The van der Waals surface area contributed by atoms with Crippen LogP contribution in [-0.4, -0.2) is 24.5 Å². The maximum atomic E-state index is 5.28. The van der Waals surface area contributed by atoms with Crippen LogP contribution in [0, 0.1) is 0 Å². The third kappa shape index (κ3) is 2.34. The topological polar surface area (TPSA) is 36.9 Å². The highest BCUT2D eigenvalue weighted by Crippen LogP contribution is 2.16. The van der Waals surface area contributed by atoms with Crippen molar-refractivity contribution in [1.29, 1.82) is 0 Å². The van der Waals surface area contributed by atoms with E-state index in [0.29, 0.717) is 11.4 Å². The molecule has 1 rings (SSSR count). The molecule has 56 valence electrons. The molecule has 1 aliphatic heterocycles. The predicted molar refractivity (Wildman–Crippen MR) is 34.9 cm³/mol. The van der Waals surface area contributed by atoms with Crippen molar-refractivity contribution in [2.75, 3.05) is 13.2 Å². The Bertz CT molecular complexity index is 83.4. The fourth-order valence-electron chi connectivity index (χ4n) is 0.913. The standard InChI is InChI=1S/C5H11NOS.ClH/c6-3-4-5(8)1-2-7-4;/h4-5,8H,1-3,6H2;1H/t4-,5-;/m1./s1. The van der Waals surface area contributed by atoms with Crippen molar-refractivity contribution in [2.24, 2.45) is 0 Å². The fourth-order valence-corrected chi connectivity index (χ4v) is 1.25. The molecule has 0 spiro atoms. The summed E-state index contributed by atoms with van der Waals surface area (Å²) in [6, 6.07) is 0. The minimum absolute atomic E-state index is 0. The van der Waals surface area contributed by atoms with Crippen molar-refractivity contribution < 1.29 is 22.9 Å². The van der Waals surface area contributed by atoms with Gasteiger partial charge in [-0.1, -0.05) is 0 Å². The van der Waals surface area contributed by atoms with Crippen LogP contribution in [-0.2, 0) is 4.74 Å². The molecule has 0 aromatic rings. The lowest BCUT2D eigenvalue weighted by Gasteiger charge is -2.06. The number of hydrogen-bond acceptors (Lipinski definition) is 2.